The van der Waals surface area contributed by atoms with Crippen molar-refractivity contribution in [2.75, 3.05) is 23.9 Å². The van der Waals surface area contributed by atoms with Crippen LogP contribution in [0.25, 0.3) is 0 Å². The van der Waals surface area contributed by atoms with E-state index in [-0.39, 0.29) is 24.4 Å². The number of methoxy groups -OCH3 is 1. The summed E-state index contributed by atoms with van der Waals surface area (Å²) in [7, 11) is 1.60. The number of nitrogens with one attached hydrogen (secondary N) is 2. The standard InChI is InChI=1S/C19H20BrN3O3/c1-12-9-13(20)3-8-17(12)22-19(25)21-14-10-18(24)23(11-14)15-4-6-16(26-2)7-5-15/h3-9,14H,10-11H2,1-2H3,(H2,21,22,25)/t14-/m0/s1. The Balaban J connectivity index is 1.60. The molecule has 0 radical (unpaired) electrons. The molecule has 7 heteroatoms. The van der Waals surface area contributed by atoms with Crippen molar-refractivity contribution in [3.8, 4) is 5.75 Å². The summed E-state index contributed by atoms with van der Waals surface area (Å²) in [4.78, 5) is 26.2. The maximum Gasteiger partial charge on any atom is 0.319 e. The molecule has 2 N–H and O–H groups in total. The molecule has 0 spiro atoms. The fourth-order valence-electron chi connectivity index (χ4n) is 2.93. The van der Waals surface area contributed by atoms with Gasteiger partial charge in [-0.25, -0.2) is 4.79 Å². The Morgan fingerprint density at radius 1 is 1.23 bits per heavy atom. The zero-order chi connectivity index (χ0) is 18.7. The number of hydrogen-bond donors (Lipinski definition) is 2. The SMILES string of the molecule is COc1ccc(N2C[C@@H](NC(=O)Nc3ccc(Br)cc3C)CC2=O)cc1. The van der Waals surface area contributed by atoms with Gasteiger partial charge in [0.15, 0.2) is 0 Å². The van der Waals surface area contributed by atoms with Gasteiger partial charge in [-0.05, 0) is 55.0 Å². The van der Waals surface area contributed by atoms with Crippen LogP contribution >= 0.6 is 15.9 Å². The zero-order valence-corrected chi connectivity index (χ0v) is 16.2. The molecule has 0 unspecified atom stereocenters. The van der Waals surface area contributed by atoms with Crippen molar-refractivity contribution < 1.29 is 14.3 Å². The molecule has 1 heterocycles. The molecule has 6 nitrogen and oxygen atoms in total. The molecule has 1 saturated heterocycles. The summed E-state index contributed by atoms with van der Waals surface area (Å²) in [6, 6.07) is 12.4. The third-order valence-electron chi connectivity index (χ3n) is 4.28. The summed E-state index contributed by atoms with van der Waals surface area (Å²) in [5.74, 6) is 0.722. The number of carbonyl (C=O) groups excluding carboxylic acids is 2. The monoisotopic (exact) mass is 417 g/mol. The molecule has 1 atom stereocenters. The highest BCUT2D eigenvalue weighted by atomic mass is 79.9. The molecule has 2 aromatic rings. The second-order valence-corrected chi connectivity index (χ2v) is 7.08. The minimum atomic E-state index is -0.315. The normalized spacial score (nSPS) is 16.5. The molecule has 0 aromatic heterocycles. The first-order chi connectivity index (χ1) is 12.5. The fourth-order valence-corrected chi connectivity index (χ4v) is 3.40. The molecule has 0 saturated carbocycles. The summed E-state index contributed by atoms with van der Waals surface area (Å²) in [5, 5.41) is 5.70. The third kappa shape index (κ3) is 4.16. The summed E-state index contributed by atoms with van der Waals surface area (Å²) in [6.07, 6.45) is 0.277. The van der Waals surface area contributed by atoms with Gasteiger partial charge in [0.2, 0.25) is 5.91 Å². The smallest absolute Gasteiger partial charge is 0.319 e. The lowest BCUT2D eigenvalue weighted by Gasteiger charge is -2.18. The predicted octanol–water partition coefficient (Wildman–Crippen LogP) is 3.69. The van der Waals surface area contributed by atoms with Crippen molar-refractivity contribution in [3.63, 3.8) is 0 Å². The van der Waals surface area contributed by atoms with E-state index in [1.54, 1.807) is 12.0 Å². The lowest BCUT2D eigenvalue weighted by atomic mass is 10.2. The van der Waals surface area contributed by atoms with Gasteiger partial charge in [0.1, 0.15) is 5.75 Å². The van der Waals surface area contributed by atoms with Gasteiger partial charge in [-0.2, -0.15) is 0 Å². The number of nitrogens with zero attached hydrogens (tertiary/aromatic N) is 1. The van der Waals surface area contributed by atoms with Crippen molar-refractivity contribution >= 4 is 39.2 Å². The average Bonchev–Trinajstić information content (AvgIpc) is 2.97. The van der Waals surface area contributed by atoms with Crippen LogP contribution in [0.15, 0.2) is 46.9 Å². The topological polar surface area (TPSA) is 70.7 Å². The van der Waals surface area contributed by atoms with Crippen LogP contribution in [-0.4, -0.2) is 31.6 Å². The first kappa shape index (κ1) is 18.3. The number of aryl methyl sites for hydroxylation is 1. The van der Waals surface area contributed by atoms with E-state index < -0.39 is 0 Å². The number of ether oxygens (including phenoxy) is 1. The Morgan fingerprint density at radius 3 is 2.62 bits per heavy atom. The molecule has 2 aromatic carbocycles. The second kappa shape index (κ2) is 7.78. The number of anilines is 2. The molecule has 3 amide bonds. The van der Waals surface area contributed by atoms with Crippen molar-refractivity contribution in [2.24, 2.45) is 0 Å². The Labute approximate surface area is 160 Å². The van der Waals surface area contributed by atoms with Gasteiger partial charge in [-0.15, -0.1) is 0 Å². The molecule has 0 aliphatic carbocycles. The van der Waals surface area contributed by atoms with Gasteiger partial charge in [0.25, 0.3) is 0 Å². The largest absolute Gasteiger partial charge is 0.497 e. The van der Waals surface area contributed by atoms with Gasteiger partial charge < -0.3 is 20.3 Å². The van der Waals surface area contributed by atoms with Crippen LogP contribution in [0.4, 0.5) is 16.2 Å². The van der Waals surface area contributed by atoms with E-state index in [1.165, 1.54) is 0 Å². The van der Waals surface area contributed by atoms with E-state index in [1.807, 2.05) is 49.4 Å². The molecular weight excluding hydrogens is 398 g/mol. The maximum absolute atomic E-state index is 12.3. The van der Waals surface area contributed by atoms with Crippen LogP contribution in [0.2, 0.25) is 0 Å². The summed E-state index contributed by atoms with van der Waals surface area (Å²) < 4.78 is 6.09. The van der Waals surface area contributed by atoms with Gasteiger partial charge >= 0.3 is 6.03 Å². The first-order valence-corrected chi connectivity index (χ1v) is 9.03. The van der Waals surface area contributed by atoms with E-state index in [9.17, 15) is 9.59 Å². The van der Waals surface area contributed by atoms with Gasteiger partial charge in [0, 0.05) is 28.8 Å². The Kier molecular flexibility index (Phi) is 5.46. The number of hydrogen-bond acceptors (Lipinski definition) is 3. The number of rotatable bonds is 4. The van der Waals surface area contributed by atoms with Gasteiger partial charge in [-0.1, -0.05) is 15.9 Å². The van der Waals surface area contributed by atoms with E-state index in [0.29, 0.717) is 6.54 Å². The van der Waals surface area contributed by atoms with Crippen LogP contribution in [0.1, 0.15) is 12.0 Å². The molecule has 0 bridgehead atoms. The Morgan fingerprint density at radius 2 is 1.96 bits per heavy atom. The summed E-state index contributed by atoms with van der Waals surface area (Å²) in [5.41, 5.74) is 2.49. The highest BCUT2D eigenvalue weighted by Crippen LogP contribution is 2.24. The van der Waals surface area contributed by atoms with E-state index in [4.69, 9.17) is 4.74 Å². The maximum atomic E-state index is 12.3. The van der Waals surface area contributed by atoms with Crippen LogP contribution in [-0.2, 0) is 4.79 Å². The van der Waals surface area contributed by atoms with E-state index in [2.05, 4.69) is 26.6 Å². The van der Waals surface area contributed by atoms with Crippen molar-refractivity contribution in [1.82, 2.24) is 5.32 Å². The molecule has 1 fully saturated rings. The van der Waals surface area contributed by atoms with E-state index in [0.717, 1.165) is 27.2 Å². The third-order valence-corrected chi connectivity index (χ3v) is 4.77. The van der Waals surface area contributed by atoms with Crippen molar-refractivity contribution in [2.45, 2.75) is 19.4 Å². The van der Waals surface area contributed by atoms with Crippen LogP contribution in [0, 0.1) is 6.92 Å². The molecule has 136 valence electrons. The van der Waals surface area contributed by atoms with Gasteiger partial charge in [-0.3, -0.25) is 4.79 Å². The number of benzene rings is 2. The minimum Gasteiger partial charge on any atom is -0.497 e. The Bertz CT molecular complexity index is 823. The van der Waals surface area contributed by atoms with Crippen LogP contribution in [0.3, 0.4) is 0 Å². The highest BCUT2D eigenvalue weighted by Gasteiger charge is 2.31. The van der Waals surface area contributed by atoms with Crippen LogP contribution in [0.5, 0.6) is 5.75 Å². The average molecular weight is 418 g/mol. The number of halogens is 1. The molecule has 1 aliphatic rings. The lowest BCUT2D eigenvalue weighted by Crippen LogP contribution is -2.39. The summed E-state index contributed by atoms with van der Waals surface area (Å²) in [6.45, 7) is 2.36. The van der Waals surface area contributed by atoms with Crippen molar-refractivity contribution in [1.29, 1.82) is 0 Å². The fraction of sp³-hybridized carbons (Fsp3) is 0.263. The van der Waals surface area contributed by atoms with E-state index >= 15 is 0 Å². The van der Waals surface area contributed by atoms with Gasteiger partial charge in [0.05, 0.1) is 13.2 Å². The zero-order valence-electron chi connectivity index (χ0n) is 14.6. The number of urea groups is 1. The van der Waals surface area contributed by atoms with Crippen LogP contribution < -0.4 is 20.3 Å². The second-order valence-electron chi connectivity index (χ2n) is 6.16. The first-order valence-electron chi connectivity index (χ1n) is 8.24. The Hall–Kier alpha value is -2.54. The summed E-state index contributed by atoms with van der Waals surface area (Å²) >= 11 is 3.40. The molecule has 1 aliphatic heterocycles. The molecular formula is C19H20BrN3O3. The number of amides is 3. The predicted molar refractivity (Wildman–Crippen MR) is 105 cm³/mol. The number of carbonyl (C=O) groups is 2. The quantitative estimate of drug-likeness (QED) is 0.796. The molecule has 3 rings (SSSR count). The highest BCUT2D eigenvalue weighted by molar-refractivity contribution is 9.10. The lowest BCUT2D eigenvalue weighted by molar-refractivity contribution is -0.117. The van der Waals surface area contributed by atoms with Crippen molar-refractivity contribution in [3.05, 3.63) is 52.5 Å². The molecule has 26 heavy (non-hydrogen) atoms. The minimum absolute atomic E-state index is 0.0136.